The molecule has 1 saturated heterocycles. The van der Waals surface area contributed by atoms with Crippen molar-refractivity contribution >= 4 is 11.8 Å². The van der Waals surface area contributed by atoms with Crippen LogP contribution in [-0.2, 0) is 0 Å². The van der Waals surface area contributed by atoms with Crippen LogP contribution in [0.4, 0.5) is 0 Å². The zero-order valence-corrected chi connectivity index (χ0v) is 12.0. The molecule has 1 aliphatic rings. The van der Waals surface area contributed by atoms with Gasteiger partial charge in [-0.15, -0.1) is 11.8 Å². The number of benzene rings is 1. The van der Waals surface area contributed by atoms with Crippen LogP contribution in [0, 0.1) is 0 Å². The van der Waals surface area contributed by atoms with E-state index >= 15 is 0 Å². The van der Waals surface area contributed by atoms with E-state index in [1.807, 2.05) is 30.8 Å². The molecule has 0 saturated carbocycles. The molecule has 1 unspecified atom stereocenters. The molecule has 1 aliphatic heterocycles. The minimum absolute atomic E-state index is 0.366. The van der Waals surface area contributed by atoms with Gasteiger partial charge in [0.15, 0.2) is 0 Å². The topological polar surface area (TPSA) is 23.5 Å². The standard InChI is InChI=1S/C15H23NOS/c1-13(17)14-6-4-7-15(12-14)18-11-5-10-16-8-2-3-9-16/h4,6-7,12-13,17H,2-3,5,8-11H2,1H3. The van der Waals surface area contributed by atoms with Crippen LogP contribution in [-0.4, -0.2) is 35.4 Å². The first-order valence-corrected chi connectivity index (χ1v) is 7.87. The first-order valence-electron chi connectivity index (χ1n) is 6.89. The van der Waals surface area contributed by atoms with E-state index in [1.54, 1.807) is 0 Å². The Morgan fingerprint density at radius 2 is 2.11 bits per heavy atom. The second-order valence-electron chi connectivity index (χ2n) is 5.00. The molecule has 0 aromatic heterocycles. The largest absolute Gasteiger partial charge is 0.389 e. The van der Waals surface area contributed by atoms with Crippen LogP contribution in [0.25, 0.3) is 0 Å². The van der Waals surface area contributed by atoms with Gasteiger partial charge in [-0.25, -0.2) is 0 Å². The monoisotopic (exact) mass is 265 g/mol. The van der Waals surface area contributed by atoms with Crippen molar-refractivity contribution in [1.29, 1.82) is 0 Å². The highest BCUT2D eigenvalue weighted by Gasteiger charge is 2.10. The summed E-state index contributed by atoms with van der Waals surface area (Å²) in [7, 11) is 0. The lowest BCUT2D eigenvalue weighted by Crippen LogP contribution is -2.20. The number of likely N-dealkylation sites (tertiary alicyclic amines) is 1. The van der Waals surface area contributed by atoms with Crippen LogP contribution in [0.2, 0.25) is 0 Å². The summed E-state index contributed by atoms with van der Waals surface area (Å²) in [5, 5.41) is 9.55. The molecule has 0 spiro atoms. The first-order chi connectivity index (χ1) is 8.75. The third-order valence-corrected chi connectivity index (χ3v) is 4.51. The van der Waals surface area contributed by atoms with Gasteiger partial charge in [0.25, 0.3) is 0 Å². The number of aliphatic hydroxyl groups excluding tert-OH is 1. The van der Waals surface area contributed by atoms with Crippen molar-refractivity contribution in [3.8, 4) is 0 Å². The van der Waals surface area contributed by atoms with Crippen molar-refractivity contribution in [1.82, 2.24) is 4.90 Å². The Labute approximate surface area is 114 Å². The highest BCUT2D eigenvalue weighted by Crippen LogP contribution is 2.23. The average molecular weight is 265 g/mol. The molecule has 1 aromatic rings. The lowest BCUT2D eigenvalue weighted by Gasteiger charge is -2.13. The van der Waals surface area contributed by atoms with E-state index in [0.717, 1.165) is 5.56 Å². The summed E-state index contributed by atoms with van der Waals surface area (Å²) in [5.41, 5.74) is 1.01. The SMILES string of the molecule is CC(O)c1cccc(SCCCN2CCCC2)c1. The molecule has 1 heterocycles. The molecule has 18 heavy (non-hydrogen) atoms. The second kappa shape index (κ2) is 7.17. The van der Waals surface area contributed by atoms with E-state index < -0.39 is 0 Å². The normalized spacial score (nSPS) is 18.1. The van der Waals surface area contributed by atoms with E-state index in [2.05, 4.69) is 17.0 Å². The molecule has 3 heteroatoms. The fourth-order valence-electron chi connectivity index (χ4n) is 2.35. The van der Waals surface area contributed by atoms with Crippen molar-refractivity contribution < 1.29 is 5.11 Å². The van der Waals surface area contributed by atoms with E-state index in [1.165, 1.54) is 49.5 Å². The number of thioether (sulfide) groups is 1. The maximum Gasteiger partial charge on any atom is 0.0762 e. The molecule has 1 aromatic carbocycles. The summed E-state index contributed by atoms with van der Waals surface area (Å²) in [6.07, 6.45) is 3.65. The molecule has 0 aliphatic carbocycles. The zero-order valence-electron chi connectivity index (χ0n) is 11.1. The van der Waals surface area contributed by atoms with Gasteiger partial charge >= 0.3 is 0 Å². The fourth-order valence-corrected chi connectivity index (χ4v) is 3.25. The van der Waals surface area contributed by atoms with Gasteiger partial charge in [-0.2, -0.15) is 0 Å². The summed E-state index contributed by atoms with van der Waals surface area (Å²) in [4.78, 5) is 3.84. The molecule has 1 N–H and O–H groups in total. The van der Waals surface area contributed by atoms with Crippen molar-refractivity contribution in [2.45, 2.75) is 37.2 Å². The molecule has 2 rings (SSSR count). The molecule has 0 bridgehead atoms. The summed E-state index contributed by atoms with van der Waals surface area (Å²) < 4.78 is 0. The molecule has 1 atom stereocenters. The van der Waals surface area contributed by atoms with Crippen molar-refractivity contribution in [2.24, 2.45) is 0 Å². The van der Waals surface area contributed by atoms with Gasteiger partial charge in [0.2, 0.25) is 0 Å². The quantitative estimate of drug-likeness (QED) is 0.630. The van der Waals surface area contributed by atoms with Crippen molar-refractivity contribution in [2.75, 3.05) is 25.4 Å². The predicted octanol–water partition coefficient (Wildman–Crippen LogP) is 3.32. The minimum Gasteiger partial charge on any atom is -0.389 e. The summed E-state index contributed by atoms with van der Waals surface area (Å²) >= 11 is 1.90. The van der Waals surface area contributed by atoms with Crippen LogP contribution in [0.3, 0.4) is 0 Å². The molecular weight excluding hydrogens is 242 g/mol. The molecule has 100 valence electrons. The Morgan fingerprint density at radius 1 is 1.33 bits per heavy atom. The lowest BCUT2D eigenvalue weighted by atomic mass is 10.1. The van der Waals surface area contributed by atoms with E-state index in [0.29, 0.717) is 0 Å². The third kappa shape index (κ3) is 4.30. The molecule has 0 radical (unpaired) electrons. The lowest BCUT2D eigenvalue weighted by molar-refractivity contribution is 0.199. The molecule has 2 nitrogen and oxygen atoms in total. The van der Waals surface area contributed by atoms with E-state index in [-0.39, 0.29) is 6.10 Å². The molecular formula is C15H23NOS. The van der Waals surface area contributed by atoms with Crippen LogP contribution in [0.15, 0.2) is 29.2 Å². The van der Waals surface area contributed by atoms with Gasteiger partial charge in [-0.05, 0) is 69.3 Å². The van der Waals surface area contributed by atoms with Gasteiger partial charge in [0, 0.05) is 4.90 Å². The van der Waals surface area contributed by atoms with E-state index in [4.69, 9.17) is 0 Å². The summed E-state index contributed by atoms with van der Waals surface area (Å²) in [5.74, 6) is 1.17. The molecule has 0 amide bonds. The average Bonchev–Trinajstić information content (AvgIpc) is 2.88. The number of hydrogen-bond acceptors (Lipinski definition) is 3. The number of rotatable bonds is 6. The van der Waals surface area contributed by atoms with Crippen molar-refractivity contribution in [3.05, 3.63) is 29.8 Å². The van der Waals surface area contributed by atoms with Gasteiger partial charge in [-0.1, -0.05) is 12.1 Å². The van der Waals surface area contributed by atoms with Gasteiger partial charge < -0.3 is 10.0 Å². The number of nitrogens with zero attached hydrogens (tertiary/aromatic N) is 1. The highest BCUT2D eigenvalue weighted by molar-refractivity contribution is 7.99. The maximum atomic E-state index is 9.55. The predicted molar refractivity (Wildman–Crippen MR) is 78.1 cm³/mol. The van der Waals surface area contributed by atoms with Crippen LogP contribution >= 0.6 is 11.8 Å². The Bertz CT molecular complexity index is 361. The van der Waals surface area contributed by atoms with Crippen LogP contribution in [0.5, 0.6) is 0 Å². The Balaban J connectivity index is 1.70. The summed E-state index contributed by atoms with van der Waals surface area (Å²) in [6.45, 7) is 5.64. The first kappa shape index (κ1) is 13.9. The summed E-state index contributed by atoms with van der Waals surface area (Å²) in [6, 6.07) is 8.25. The highest BCUT2D eigenvalue weighted by atomic mass is 32.2. The Morgan fingerprint density at radius 3 is 2.83 bits per heavy atom. The van der Waals surface area contributed by atoms with Gasteiger partial charge in [-0.3, -0.25) is 0 Å². The maximum absolute atomic E-state index is 9.55. The third-order valence-electron chi connectivity index (χ3n) is 3.43. The minimum atomic E-state index is -0.366. The second-order valence-corrected chi connectivity index (χ2v) is 6.17. The number of hydrogen-bond donors (Lipinski definition) is 1. The Kier molecular flexibility index (Phi) is 5.54. The van der Waals surface area contributed by atoms with Crippen LogP contribution < -0.4 is 0 Å². The smallest absolute Gasteiger partial charge is 0.0762 e. The zero-order chi connectivity index (χ0) is 12.8. The van der Waals surface area contributed by atoms with Gasteiger partial charge in [0.05, 0.1) is 6.10 Å². The van der Waals surface area contributed by atoms with Gasteiger partial charge in [0.1, 0.15) is 0 Å². The number of aliphatic hydroxyl groups is 1. The van der Waals surface area contributed by atoms with Crippen LogP contribution in [0.1, 0.15) is 37.9 Å². The van der Waals surface area contributed by atoms with Crippen molar-refractivity contribution in [3.63, 3.8) is 0 Å². The van der Waals surface area contributed by atoms with E-state index in [9.17, 15) is 5.11 Å². The molecule has 1 fully saturated rings. The fraction of sp³-hybridized carbons (Fsp3) is 0.600. The Hall–Kier alpha value is -0.510.